The summed E-state index contributed by atoms with van der Waals surface area (Å²) in [6.07, 6.45) is 4.34. The van der Waals surface area contributed by atoms with Crippen LogP contribution < -0.4 is 5.46 Å². The number of nitrogens with zero attached hydrogens (tertiary/aromatic N) is 3. The summed E-state index contributed by atoms with van der Waals surface area (Å²) in [7, 11) is -4.34. The van der Waals surface area contributed by atoms with Gasteiger partial charge in [0.1, 0.15) is 0 Å². The Morgan fingerprint density at radius 1 is 1.22 bits per heavy atom. The first-order chi connectivity index (χ1) is 12.4. The van der Waals surface area contributed by atoms with Gasteiger partial charge >= 0.3 is 7.12 Å². The van der Waals surface area contributed by atoms with E-state index in [0.717, 1.165) is 6.42 Å². The van der Waals surface area contributed by atoms with E-state index in [1.165, 1.54) is 19.3 Å². The molecule has 0 aliphatic carbocycles. The van der Waals surface area contributed by atoms with Crippen LogP contribution in [0.1, 0.15) is 47.5 Å². The molecule has 27 heavy (non-hydrogen) atoms. The van der Waals surface area contributed by atoms with Gasteiger partial charge in [0.25, 0.3) is 0 Å². The topological polar surface area (TPSA) is 98.7 Å². The number of sulfone groups is 1. The maximum absolute atomic E-state index is 12.7. The van der Waals surface area contributed by atoms with E-state index < -0.39 is 28.2 Å². The third-order valence-corrected chi connectivity index (χ3v) is 7.24. The average Bonchev–Trinajstić information content (AvgIpc) is 3.09. The van der Waals surface area contributed by atoms with Crippen LogP contribution in [0.4, 0.5) is 0 Å². The summed E-state index contributed by atoms with van der Waals surface area (Å²) in [4.78, 5) is 21.3. The highest BCUT2D eigenvalue weighted by Gasteiger charge is 2.52. The van der Waals surface area contributed by atoms with Gasteiger partial charge in [-0.25, -0.2) is 18.4 Å². The maximum atomic E-state index is 12.7. The fourth-order valence-corrected chi connectivity index (χ4v) is 4.77. The molecule has 2 fully saturated rings. The Kier molecular flexibility index (Phi) is 5.11. The summed E-state index contributed by atoms with van der Waals surface area (Å²) in [6.45, 7) is 9.81. The largest absolute Gasteiger partial charge is 0.498 e. The van der Waals surface area contributed by atoms with Crippen LogP contribution in [0.25, 0.3) is 0 Å². The Morgan fingerprint density at radius 3 is 2.30 bits per heavy atom. The lowest BCUT2D eigenvalue weighted by Gasteiger charge is -2.32. The van der Waals surface area contributed by atoms with Crippen LogP contribution >= 0.6 is 0 Å². The predicted octanol–water partition coefficient (Wildman–Crippen LogP) is 0.560. The molecule has 3 heterocycles. The normalized spacial score (nSPS) is 24.4. The summed E-state index contributed by atoms with van der Waals surface area (Å²) >= 11 is 0. The minimum absolute atomic E-state index is 0.107. The van der Waals surface area contributed by atoms with Gasteiger partial charge in [-0.1, -0.05) is 0 Å². The summed E-state index contributed by atoms with van der Waals surface area (Å²) in [5, 5.41) is -0.238. The highest BCUT2D eigenvalue weighted by Crippen LogP contribution is 2.36. The van der Waals surface area contributed by atoms with Gasteiger partial charge in [-0.3, -0.25) is 4.79 Å². The maximum Gasteiger partial charge on any atom is 0.498 e. The molecule has 1 amide bonds. The number of hydrogen-bond acceptors (Lipinski definition) is 7. The zero-order chi connectivity index (χ0) is 20.0. The third kappa shape index (κ3) is 3.88. The first-order valence-corrected chi connectivity index (χ1v) is 10.8. The molecule has 2 saturated heterocycles. The first-order valence-electron chi connectivity index (χ1n) is 9.10. The molecule has 8 nitrogen and oxygen atoms in total. The van der Waals surface area contributed by atoms with E-state index in [1.54, 1.807) is 4.90 Å². The number of aromatic nitrogens is 2. The molecule has 0 N–H and O–H groups in total. The van der Waals surface area contributed by atoms with E-state index >= 15 is 0 Å². The van der Waals surface area contributed by atoms with Gasteiger partial charge < -0.3 is 14.2 Å². The van der Waals surface area contributed by atoms with Crippen molar-refractivity contribution in [1.29, 1.82) is 0 Å². The second kappa shape index (κ2) is 6.82. The summed E-state index contributed by atoms with van der Waals surface area (Å²) < 4.78 is 37.2. The summed E-state index contributed by atoms with van der Waals surface area (Å²) in [5.74, 6) is -0.271. The van der Waals surface area contributed by atoms with Crippen LogP contribution in [0.2, 0.25) is 0 Å². The lowest BCUT2D eigenvalue weighted by molar-refractivity contribution is -0.129. The van der Waals surface area contributed by atoms with Gasteiger partial charge in [0.05, 0.1) is 17.0 Å². The highest BCUT2D eigenvalue weighted by atomic mass is 32.2. The molecule has 0 bridgehead atoms. The Bertz CT molecular complexity index is 809. The van der Waals surface area contributed by atoms with Crippen molar-refractivity contribution in [2.75, 3.05) is 12.3 Å². The molecule has 2 aliphatic heterocycles. The second-order valence-electron chi connectivity index (χ2n) is 8.18. The van der Waals surface area contributed by atoms with Crippen molar-refractivity contribution in [2.24, 2.45) is 0 Å². The quantitative estimate of drug-likeness (QED) is 0.543. The zero-order valence-corrected chi connectivity index (χ0v) is 17.2. The molecule has 0 spiro atoms. The minimum Gasteiger partial charge on any atom is -0.399 e. The van der Waals surface area contributed by atoms with Gasteiger partial charge in [0, 0.05) is 37.4 Å². The lowest BCUT2D eigenvalue weighted by Crippen LogP contribution is -2.41. The van der Waals surface area contributed by atoms with Crippen LogP contribution in [0.3, 0.4) is 0 Å². The van der Waals surface area contributed by atoms with Gasteiger partial charge in [-0.2, -0.15) is 0 Å². The van der Waals surface area contributed by atoms with E-state index in [9.17, 15) is 13.2 Å². The smallest absolute Gasteiger partial charge is 0.399 e. The van der Waals surface area contributed by atoms with Gasteiger partial charge in [-0.15, -0.1) is 0 Å². The Morgan fingerprint density at radius 2 is 1.78 bits per heavy atom. The molecule has 0 saturated carbocycles. The Labute approximate surface area is 160 Å². The highest BCUT2D eigenvalue weighted by molar-refractivity contribution is 7.91. The van der Waals surface area contributed by atoms with Crippen LogP contribution in [0.5, 0.6) is 0 Å². The molecule has 0 unspecified atom stereocenters. The molecular formula is C17H26BN3O5S. The molecule has 148 valence electrons. The Hall–Kier alpha value is -1.52. The van der Waals surface area contributed by atoms with E-state index in [4.69, 9.17) is 9.31 Å². The van der Waals surface area contributed by atoms with Crippen LogP contribution in [-0.4, -0.2) is 65.9 Å². The fraction of sp³-hybridized carbons (Fsp3) is 0.706. The van der Waals surface area contributed by atoms with Crippen molar-refractivity contribution in [3.63, 3.8) is 0 Å². The molecule has 3 rings (SSSR count). The van der Waals surface area contributed by atoms with E-state index in [2.05, 4.69) is 9.97 Å². The molecular weight excluding hydrogens is 369 g/mol. The van der Waals surface area contributed by atoms with Gasteiger partial charge in [0.15, 0.2) is 0 Å². The first kappa shape index (κ1) is 20.2. The average molecular weight is 395 g/mol. The predicted molar refractivity (Wildman–Crippen MR) is 100 cm³/mol. The zero-order valence-electron chi connectivity index (χ0n) is 16.4. The van der Waals surface area contributed by atoms with E-state index in [1.807, 2.05) is 27.7 Å². The number of carbonyl (C=O) groups is 1. The van der Waals surface area contributed by atoms with Crippen molar-refractivity contribution in [1.82, 2.24) is 14.9 Å². The van der Waals surface area contributed by atoms with Crippen LogP contribution in [0, 0.1) is 0 Å². The van der Waals surface area contributed by atoms with Gasteiger partial charge in [0.2, 0.25) is 20.9 Å². The molecule has 0 radical (unpaired) electrons. The van der Waals surface area contributed by atoms with E-state index in [-0.39, 0.29) is 22.9 Å². The van der Waals surface area contributed by atoms with Gasteiger partial charge in [-0.05, 0) is 40.5 Å². The van der Waals surface area contributed by atoms with Crippen LogP contribution in [-0.2, 0) is 23.9 Å². The van der Waals surface area contributed by atoms with Crippen molar-refractivity contribution < 1.29 is 22.5 Å². The van der Waals surface area contributed by atoms with Crippen molar-refractivity contribution >= 4 is 28.3 Å². The number of rotatable bonds is 4. The molecule has 1 aromatic heterocycles. The summed E-state index contributed by atoms with van der Waals surface area (Å²) in [5.41, 5.74) is -0.430. The molecule has 10 heteroatoms. The fourth-order valence-electron chi connectivity index (χ4n) is 3.34. The van der Waals surface area contributed by atoms with Crippen molar-refractivity contribution in [3.8, 4) is 0 Å². The minimum atomic E-state index is -3.69. The number of hydrogen-bond donors (Lipinski definition) is 0. The lowest BCUT2D eigenvalue weighted by atomic mass is 9.81. The van der Waals surface area contributed by atoms with E-state index in [0.29, 0.717) is 18.4 Å². The Balaban J connectivity index is 1.74. The third-order valence-electron chi connectivity index (χ3n) is 5.65. The van der Waals surface area contributed by atoms with Crippen molar-refractivity contribution in [3.05, 3.63) is 12.4 Å². The molecule has 2 aliphatic rings. The van der Waals surface area contributed by atoms with Crippen LogP contribution in [0.15, 0.2) is 17.6 Å². The monoisotopic (exact) mass is 395 g/mol. The number of amides is 1. The van der Waals surface area contributed by atoms with Crippen molar-refractivity contribution in [2.45, 2.75) is 69.9 Å². The summed E-state index contributed by atoms with van der Waals surface area (Å²) in [6, 6.07) is -0.320. The molecule has 0 aromatic carbocycles. The standard InChI is InChI=1S/C17H26BN3O5S/c1-12(22)21-8-6-7-14(21)11-27(23,24)15-19-9-13(10-20-15)18-25-16(2,3)17(4,5)26-18/h9-10,14H,6-8,11H2,1-5H3/t14-/m1/s1. The second-order valence-corrected chi connectivity index (χ2v) is 10.1. The number of likely N-dealkylation sites (tertiary alicyclic amines) is 1. The molecule has 1 atom stereocenters. The number of carbonyl (C=O) groups excluding carboxylic acids is 1. The SMILES string of the molecule is CC(=O)N1CCC[C@@H]1CS(=O)(=O)c1ncc(B2OC(C)(C)C(C)(C)O2)cn1. The molecule has 1 aromatic rings.